The van der Waals surface area contributed by atoms with Crippen LogP contribution in [0.3, 0.4) is 0 Å². The molecular weight excluding hydrogens is 444 g/mol. The molecule has 0 bridgehead atoms. The summed E-state index contributed by atoms with van der Waals surface area (Å²) in [5.41, 5.74) is 0.765. The molecule has 1 amide bonds. The summed E-state index contributed by atoms with van der Waals surface area (Å²) < 4.78 is 62.1. The molecule has 2 aromatic rings. The van der Waals surface area contributed by atoms with E-state index in [2.05, 4.69) is 10.0 Å². The lowest BCUT2D eigenvalue weighted by Gasteiger charge is -2.13. The van der Waals surface area contributed by atoms with Crippen LogP contribution in [0.25, 0.3) is 0 Å². The molecule has 11 heteroatoms. The Morgan fingerprint density at radius 3 is 2.32 bits per heavy atom. The number of ether oxygens (including phenoxy) is 2. The van der Waals surface area contributed by atoms with Crippen LogP contribution in [0.5, 0.6) is 11.5 Å². The lowest BCUT2D eigenvalue weighted by molar-refractivity contribution is -0.119. The molecule has 0 aromatic heterocycles. The summed E-state index contributed by atoms with van der Waals surface area (Å²) in [6, 6.07) is 10.6. The van der Waals surface area contributed by atoms with Crippen LogP contribution in [0.1, 0.15) is 12.8 Å². The molecule has 1 atom stereocenters. The minimum atomic E-state index is -3.86. The summed E-state index contributed by atoms with van der Waals surface area (Å²) in [6.45, 7) is 0.959. The van der Waals surface area contributed by atoms with Gasteiger partial charge in [0.2, 0.25) is 5.91 Å². The van der Waals surface area contributed by atoms with Gasteiger partial charge < -0.3 is 14.8 Å². The zero-order chi connectivity index (χ0) is 22.1. The SMILES string of the molecule is O=C(Nc1ccc(NS(=O)(=O)c2ccc3c(c2)OCCCO3)cc1)C1CCS(=O)(=O)C1. The van der Waals surface area contributed by atoms with Crippen LogP contribution in [0.2, 0.25) is 0 Å². The van der Waals surface area contributed by atoms with Crippen LogP contribution in [0.4, 0.5) is 11.4 Å². The van der Waals surface area contributed by atoms with Crippen LogP contribution in [0.15, 0.2) is 47.4 Å². The topological polar surface area (TPSA) is 128 Å². The van der Waals surface area contributed by atoms with Gasteiger partial charge in [-0.1, -0.05) is 0 Å². The summed E-state index contributed by atoms with van der Waals surface area (Å²) >= 11 is 0. The number of fused-ring (bicyclic) bond motifs is 1. The molecule has 0 spiro atoms. The lowest BCUT2D eigenvalue weighted by Crippen LogP contribution is -2.23. The first-order chi connectivity index (χ1) is 14.7. The predicted molar refractivity (Wildman–Crippen MR) is 115 cm³/mol. The van der Waals surface area contributed by atoms with Gasteiger partial charge in [-0.05, 0) is 42.8 Å². The van der Waals surface area contributed by atoms with Crippen molar-refractivity contribution in [3.8, 4) is 11.5 Å². The van der Waals surface area contributed by atoms with Crippen LogP contribution >= 0.6 is 0 Å². The van der Waals surface area contributed by atoms with E-state index in [1.54, 1.807) is 18.2 Å². The van der Waals surface area contributed by atoms with Gasteiger partial charge in [-0.2, -0.15) is 0 Å². The van der Waals surface area contributed by atoms with Crippen molar-refractivity contribution in [2.24, 2.45) is 5.92 Å². The Morgan fingerprint density at radius 1 is 0.968 bits per heavy atom. The van der Waals surface area contributed by atoms with Gasteiger partial charge in [0.15, 0.2) is 21.3 Å². The first kappa shape index (κ1) is 21.4. The molecule has 4 rings (SSSR count). The van der Waals surface area contributed by atoms with Gasteiger partial charge in [0.1, 0.15) is 0 Å². The van der Waals surface area contributed by atoms with E-state index in [4.69, 9.17) is 9.47 Å². The maximum Gasteiger partial charge on any atom is 0.262 e. The van der Waals surface area contributed by atoms with Crippen molar-refractivity contribution < 1.29 is 31.1 Å². The van der Waals surface area contributed by atoms with E-state index in [1.807, 2.05) is 0 Å². The highest BCUT2D eigenvalue weighted by Crippen LogP contribution is 2.32. The van der Waals surface area contributed by atoms with E-state index < -0.39 is 25.8 Å². The molecule has 2 aromatic carbocycles. The Bertz CT molecular complexity index is 1190. The number of rotatable bonds is 5. The van der Waals surface area contributed by atoms with Crippen molar-refractivity contribution in [3.63, 3.8) is 0 Å². The summed E-state index contributed by atoms with van der Waals surface area (Å²) in [5.74, 6) is -0.166. The fourth-order valence-electron chi connectivity index (χ4n) is 3.39. The summed E-state index contributed by atoms with van der Waals surface area (Å²) in [4.78, 5) is 12.3. The number of hydrogen-bond donors (Lipinski definition) is 2. The van der Waals surface area contributed by atoms with Crippen molar-refractivity contribution >= 4 is 37.1 Å². The largest absolute Gasteiger partial charge is 0.490 e. The van der Waals surface area contributed by atoms with Gasteiger partial charge in [0.05, 0.1) is 35.5 Å². The third-order valence-corrected chi connectivity index (χ3v) is 8.18. The number of sulfonamides is 1. The molecule has 2 N–H and O–H groups in total. The molecule has 9 nitrogen and oxygen atoms in total. The zero-order valence-electron chi connectivity index (χ0n) is 16.5. The smallest absolute Gasteiger partial charge is 0.262 e. The fraction of sp³-hybridized carbons (Fsp3) is 0.350. The van der Waals surface area contributed by atoms with Gasteiger partial charge >= 0.3 is 0 Å². The Balaban J connectivity index is 1.42. The molecule has 31 heavy (non-hydrogen) atoms. The average molecular weight is 467 g/mol. The Morgan fingerprint density at radius 2 is 1.65 bits per heavy atom. The quantitative estimate of drug-likeness (QED) is 0.690. The molecule has 2 aliphatic rings. The number of carbonyl (C=O) groups excluding carboxylic acids is 1. The second-order valence-electron chi connectivity index (χ2n) is 7.43. The number of benzene rings is 2. The van der Waals surface area contributed by atoms with Crippen molar-refractivity contribution in [2.75, 3.05) is 34.8 Å². The van der Waals surface area contributed by atoms with E-state index >= 15 is 0 Å². The highest BCUT2D eigenvalue weighted by Gasteiger charge is 2.32. The normalized spacial score (nSPS) is 19.9. The minimum Gasteiger partial charge on any atom is -0.490 e. The molecule has 2 aliphatic heterocycles. The molecule has 0 radical (unpaired) electrons. The number of anilines is 2. The summed E-state index contributed by atoms with van der Waals surface area (Å²) in [7, 11) is -7.01. The fourth-order valence-corrected chi connectivity index (χ4v) is 6.21. The van der Waals surface area contributed by atoms with E-state index in [0.29, 0.717) is 48.9 Å². The predicted octanol–water partition coefficient (Wildman–Crippen LogP) is 2.02. The Labute approximate surface area is 180 Å². The van der Waals surface area contributed by atoms with Gasteiger partial charge in [-0.25, -0.2) is 16.8 Å². The Hall–Kier alpha value is -2.79. The first-order valence-corrected chi connectivity index (χ1v) is 13.1. The van der Waals surface area contributed by atoms with Gasteiger partial charge in [0.25, 0.3) is 10.0 Å². The summed E-state index contributed by atoms with van der Waals surface area (Å²) in [5, 5.41) is 2.67. The maximum atomic E-state index is 12.7. The maximum absolute atomic E-state index is 12.7. The third kappa shape index (κ3) is 5.10. The molecule has 0 saturated carbocycles. The van der Waals surface area contributed by atoms with Crippen LogP contribution in [0, 0.1) is 5.92 Å². The van der Waals surface area contributed by atoms with Gasteiger partial charge in [0, 0.05) is 23.9 Å². The number of sulfone groups is 1. The third-order valence-electron chi connectivity index (χ3n) is 5.04. The van der Waals surface area contributed by atoms with Crippen LogP contribution < -0.4 is 19.5 Å². The molecule has 166 valence electrons. The van der Waals surface area contributed by atoms with E-state index in [0.717, 1.165) is 0 Å². The molecule has 1 saturated heterocycles. The minimum absolute atomic E-state index is 0.0195. The second-order valence-corrected chi connectivity index (χ2v) is 11.3. The van der Waals surface area contributed by atoms with Crippen LogP contribution in [-0.2, 0) is 24.7 Å². The second kappa shape index (κ2) is 8.39. The van der Waals surface area contributed by atoms with E-state index in [9.17, 15) is 21.6 Å². The number of amides is 1. The number of carbonyl (C=O) groups is 1. The van der Waals surface area contributed by atoms with Gasteiger partial charge in [-0.15, -0.1) is 0 Å². The molecule has 2 heterocycles. The summed E-state index contributed by atoms with van der Waals surface area (Å²) in [6.07, 6.45) is 1.02. The molecular formula is C20H22N2O7S2. The Kier molecular flexibility index (Phi) is 5.80. The van der Waals surface area contributed by atoms with E-state index in [1.165, 1.54) is 24.3 Å². The first-order valence-electron chi connectivity index (χ1n) is 9.76. The lowest BCUT2D eigenvalue weighted by atomic mass is 10.1. The van der Waals surface area contributed by atoms with Crippen molar-refractivity contribution in [1.29, 1.82) is 0 Å². The molecule has 1 fully saturated rings. The molecule has 1 unspecified atom stereocenters. The number of nitrogens with one attached hydrogen (secondary N) is 2. The monoisotopic (exact) mass is 466 g/mol. The van der Waals surface area contributed by atoms with Gasteiger partial charge in [-0.3, -0.25) is 9.52 Å². The van der Waals surface area contributed by atoms with Crippen LogP contribution in [-0.4, -0.2) is 47.5 Å². The number of hydrogen-bond acceptors (Lipinski definition) is 7. The zero-order valence-corrected chi connectivity index (χ0v) is 18.2. The van der Waals surface area contributed by atoms with Crippen molar-refractivity contribution in [1.82, 2.24) is 0 Å². The van der Waals surface area contributed by atoms with Crippen molar-refractivity contribution in [2.45, 2.75) is 17.7 Å². The highest BCUT2D eigenvalue weighted by molar-refractivity contribution is 7.92. The standard InChI is InChI=1S/C20H22N2O7S2/c23-20(14-8-11-30(24,25)13-14)21-15-2-4-16(5-3-15)22-31(26,27)17-6-7-18-19(12-17)29-10-1-9-28-18/h2-7,12,14,22H,1,8-11,13H2,(H,21,23). The average Bonchev–Trinajstić information content (AvgIpc) is 2.94. The van der Waals surface area contributed by atoms with Crippen molar-refractivity contribution in [3.05, 3.63) is 42.5 Å². The van der Waals surface area contributed by atoms with E-state index in [-0.39, 0.29) is 22.3 Å². The highest BCUT2D eigenvalue weighted by atomic mass is 32.2. The molecule has 0 aliphatic carbocycles.